The Labute approximate surface area is 92.1 Å². The zero-order valence-corrected chi connectivity index (χ0v) is 10.1. The van der Waals surface area contributed by atoms with Gasteiger partial charge in [0, 0.05) is 6.20 Å². The molecular formula is C9H13NO2S2. The van der Waals surface area contributed by atoms with Gasteiger partial charge in [0.25, 0.3) is 0 Å². The van der Waals surface area contributed by atoms with E-state index in [-0.39, 0.29) is 5.60 Å². The van der Waals surface area contributed by atoms with Crippen LogP contribution in [0, 0.1) is 3.95 Å². The molecule has 0 aliphatic carbocycles. The Morgan fingerprint density at radius 3 is 2.64 bits per heavy atom. The van der Waals surface area contributed by atoms with Crippen molar-refractivity contribution in [3.8, 4) is 0 Å². The van der Waals surface area contributed by atoms with Crippen molar-refractivity contribution in [3.05, 3.63) is 15.0 Å². The monoisotopic (exact) mass is 231 g/mol. The number of ether oxygens (including phenoxy) is 2. The molecule has 1 atom stereocenters. The van der Waals surface area contributed by atoms with Crippen molar-refractivity contribution in [1.29, 1.82) is 0 Å². The highest BCUT2D eigenvalue weighted by atomic mass is 32.1. The van der Waals surface area contributed by atoms with Crippen molar-refractivity contribution in [1.82, 2.24) is 4.98 Å². The van der Waals surface area contributed by atoms with Gasteiger partial charge in [-0.05, 0) is 33.0 Å². The second-order valence-corrected chi connectivity index (χ2v) is 5.78. The van der Waals surface area contributed by atoms with Crippen LogP contribution in [-0.4, -0.2) is 17.4 Å². The van der Waals surface area contributed by atoms with Crippen LogP contribution in [-0.2, 0) is 15.1 Å². The lowest BCUT2D eigenvalue weighted by Gasteiger charge is -2.23. The van der Waals surface area contributed by atoms with Crippen LogP contribution in [0.3, 0.4) is 0 Å². The smallest absolute Gasteiger partial charge is 0.164 e. The predicted molar refractivity (Wildman–Crippen MR) is 58.0 cm³/mol. The largest absolute Gasteiger partial charge is 0.347 e. The molecule has 1 aliphatic heterocycles. The molecule has 14 heavy (non-hydrogen) atoms. The zero-order valence-electron chi connectivity index (χ0n) is 8.42. The quantitative estimate of drug-likeness (QED) is 0.755. The number of rotatable bonds is 1. The summed E-state index contributed by atoms with van der Waals surface area (Å²) in [5.74, 6) is -0.500. The van der Waals surface area contributed by atoms with Crippen molar-refractivity contribution in [2.75, 3.05) is 6.61 Å². The van der Waals surface area contributed by atoms with Gasteiger partial charge in [-0.1, -0.05) is 0 Å². The van der Waals surface area contributed by atoms with Crippen LogP contribution in [0.25, 0.3) is 0 Å². The topological polar surface area (TPSA) is 34.2 Å². The molecule has 0 bridgehead atoms. The van der Waals surface area contributed by atoms with Crippen LogP contribution in [0.1, 0.15) is 25.6 Å². The summed E-state index contributed by atoms with van der Waals surface area (Å²) in [5, 5.41) is 0. The summed E-state index contributed by atoms with van der Waals surface area (Å²) in [6.07, 6.45) is 1.90. The Kier molecular flexibility index (Phi) is 2.30. The van der Waals surface area contributed by atoms with Gasteiger partial charge in [-0.15, -0.1) is 11.3 Å². The van der Waals surface area contributed by atoms with Crippen molar-refractivity contribution in [2.45, 2.75) is 32.2 Å². The molecule has 2 rings (SSSR count). The molecule has 0 saturated carbocycles. The van der Waals surface area contributed by atoms with E-state index in [0.29, 0.717) is 6.61 Å². The molecule has 3 nitrogen and oxygen atoms in total. The summed E-state index contributed by atoms with van der Waals surface area (Å²) in [7, 11) is 0. The standard InChI is InChI=1S/C9H13NO2S2/c1-8(2)11-5-9(3,12-8)6-4-10-7(13)14-6/h4H,5H2,1-3H3,(H,10,13). The number of H-pyrrole nitrogens is 1. The molecule has 1 aliphatic rings. The highest BCUT2D eigenvalue weighted by molar-refractivity contribution is 7.73. The van der Waals surface area contributed by atoms with Crippen LogP contribution in [0.4, 0.5) is 0 Å². The lowest BCUT2D eigenvalue weighted by Crippen LogP contribution is -2.27. The van der Waals surface area contributed by atoms with E-state index in [0.717, 1.165) is 8.83 Å². The van der Waals surface area contributed by atoms with Crippen LogP contribution >= 0.6 is 23.6 Å². The summed E-state index contributed by atoms with van der Waals surface area (Å²) in [4.78, 5) is 4.09. The van der Waals surface area contributed by atoms with E-state index < -0.39 is 5.79 Å². The number of hydrogen-bond acceptors (Lipinski definition) is 4. The fraction of sp³-hybridized carbons (Fsp3) is 0.667. The highest BCUT2D eigenvalue weighted by Crippen LogP contribution is 2.39. The Morgan fingerprint density at radius 1 is 1.50 bits per heavy atom. The molecule has 1 fully saturated rings. The summed E-state index contributed by atoms with van der Waals surface area (Å²) < 4.78 is 12.2. The van der Waals surface area contributed by atoms with Gasteiger partial charge in [0.1, 0.15) is 5.60 Å². The maximum atomic E-state index is 5.86. The molecule has 1 N–H and O–H groups in total. The normalized spacial score (nSPS) is 30.8. The summed E-state index contributed by atoms with van der Waals surface area (Å²) >= 11 is 6.58. The van der Waals surface area contributed by atoms with Gasteiger partial charge in [0.05, 0.1) is 11.5 Å². The van der Waals surface area contributed by atoms with Crippen LogP contribution in [0.5, 0.6) is 0 Å². The summed E-state index contributed by atoms with van der Waals surface area (Å²) in [6.45, 7) is 6.44. The number of aromatic nitrogens is 1. The highest BCUT2D eigenvalue weighted by Gasteiger charge is 2.44. The molecule has 1 aromatic heterocycles. The third-order valence-corrected chi connectivity index (χ3v) is 3.65. The third kappa shape index (κ3) is 1.77. The first-order valence-corrected chi connectivity index (χ1v) is 5.67. The van der Waals surface area contributed by atoms with E-state index >= 15 is 0 Å². The number of aromatic amines is 1. The predicted octanol–water partition coefficient (Wildman–Crippen LogP) is 2.80. The molecule has 2 heterocycles. The fourth-order valence-corrected chi connectivity index (χ4v) is 2.66. The average Bonchev–Trinajstić information content (AvgIpc) is 2.57. The minimum atomic E-state index is -0.500. The van der Waals surface area contributed by atoms with Crippen LogP contribution in [0.2, 0.25) is 0 Å². The fourth-order valence-electron chi connectivity index (χ4n) is 1.58. The van der Waals surface area contributed by atoms with Gasteiger partial charge < -0.3 is 14.5 Å². The first-order valence-electron chi connectivity index (χ1n) is 4.44. The van der Waals surface area contributed by atoms with Gasteiger partial charge >= 0.3 is 0 Å². The summed E-state index contributed by atoms with van der Waals surface area (Å²) in [6, 6.07) is 0. The molecule has 5 heteroatoms. The van der Waals surface area contributed by atoms with Crippen LogP contribution in [0.15, 0.2) is 6.20 Å². The molecule has 1 aromatic rings. The number of hydrogen-bond donors (Lipinski definition) is 1. The molecule has 78 valence electrons. The SMILES string of the molecule is CC1(C)OCC(C)(c2c[nH]c(=S)s2)O1. The second kappa shape index (κ2) is 3.13. The average molecular weight is 231 g/mol. The van der Waals surface area contributed by atoms with Gasteiger partial charge in [-0.2, -0.15) is 0 Å². The molecule has 0 spiro atoms. The Bertz CT molecular complexity index is 396. The first kappa shape index (κ1) is 10.3. The van der Waals surface area contributed by atoms with E-state index in [1.54, 1.807) is 0 Å². The van der Waals surface area contributed by atoms with E-state index in [9.17, 15) is 0 Å². The summed E-state index contributed by atoms with van der Waals surface area (Å²) in [5.41, 5.74) is -0.359. The third-order valence-electron chi connectivity index (χ3n) is 2.21. The van der Waals surface area contributed by atoms with Crippen molar-refractivity contribution >= 4 is 23.6 Å². The molecule has 0 aromatic carbocycles. The molecule has 0 radical (unpaired) electrons. The Balaban J connectivity index is 2.31. The number of thiazole rings is 1. The van der Waals surface area contributed by atoms with Gasteiger partial charge in [-0.25, -0.2) is 0 Å². The van der Waals surface area contributed by atoms with Crippen molar-refractivity contribution in [2.24, 2.45) is 0 Å². The molecule has 0 amide bonds. The first-order chi connectivity index (χ1) is 6.41. The molecule has 1 unspecified atom stereocenters. The minimum absolute atomic E-state index is 0.359. The molecule has 1 saturated heterocycles. The maximum absolute atomic E-state index is 5.86. The van der Waals surface area contributed by atoms with E-state index in [1.165, 1.54) is 11.3 Å². The van der Waals surface area contributed by atoms with Gasteiger partial charge in [0.15, 0.2) is 9.74 Å². The lowest BCUT2D eigenvalue weighted by molar-refractivity contribution is -0.158. The van der Waals surface area contributed by atoms with Crippen molar-refractivity contribution < 1.29 is 9.47 Å². The van der Waals surface area contributed by atoms with Crippen molar-refractivity contribution in [3.63, 3.8) is 0 Å². The van der Waals surface area contributed by atoms with Crippen LogP contribution < -0.4 is 0 Å². The maximum Gasteiger partial charge on any atom is 0.164 e. The van der Waals surface area contributed by atoms with E-state index in [4.69, 9.17) is 21.7 Å². The van der Waals surface area contributed by atoms with Gasteiger partial charge in [-0.3, -0.25) is 0 Å². The van der Waals surface area contributed by atoms with E-state index in [1.807, 2.05) is 27.0 Å². The van der Waals surface area contributed by atoms with Gasteiger partial charge in [0.2, 0.25) is 0 Å². The molecular weight excluding hydrogens is 218 g/mol. The number of nitrogens with one attached hydrogen (secondary N) is 1. The second-order valence-electron chi connectivity index (χ2n) is 4.06. The minimum Gasteiger partial charge on any atom is -0.347 e. The Morgan fingerprint density at radius 2 is 2.21 bits per heavy atom. The Hall–Kier alpha value is -0.230. The lowest BCUT2D eigenvalue weighted by atomic mass is 10.1. The van der Waals surface area contributed by atoms with E-state index in [2.05, 4.69) is 4.98 Å². The zero-order chi connectivity index (χ0) is 10.4.